The predicted molar refractivity (Wildman–Crippen MR) is 126 cm³/mol. The highest BCUT2D eigenvalue weighted by molar-refractivity contribution is 9.10. The lowest BCUT2D eigenvalue weighted by Gasteiger charge is -2.47. The molecule has 32 heavy (non-hydrogen) atoms. The van der Waals surface area contributed by atoms with E-state index < -0.39 is 17.2 Å². The van der Waals surface area contributed by atoms with Crippen LogP contribution in [0.1, 0.15) is 64.1 Å². The van der Waals surface area contributed by atoms with Crippen LogP contribution in [-0.4, -0.2) is 29.0 Å². The number of hydrogen-bond donors (Lipinski definition) is 1. The molecule has 0 aromatic heterocycles. The number of rotatable bonds is 7. The van der Waals surface area contributed by atoms with E-state index in [0.717, 1.165) is 22.0 Å². The van der Waals surface area contributed by atoms with Crippen molar-refractivity contribution < 1.29 is 18.7 Å². The Labute approximate surface area is 197 Å². The van der Waals surface area contributed by atoms with Crippen LogP contribution in [-0.2, 0) is 15.1 Å². The highest BCUT2D eigenvalue weighted by Crippen LogP contribution is 2.43. The van der Waals surface area contributed by atoms with E-state index in [-0.39, 0.29) is 17.8 Å². The fourth-order valence-electron chi connectivity index (χ4n) is 4.69. The second-order valence-electron chi connectivity index (χ2n) is 9.03. The van der Waals surface area contributed by atoms with Gasteiger partial charge in [0.25, 0.3) is 0 Å². The van der Waals surface area contributed by atoms with Crippen LogP contribution < -0.4 is 5.32 Å². The quantitative estimate of drug-likeness (QED) is 0.496. The van der Waals surface area contributed by atoms with Crippen LogP contribution in [0, 0.1) is 5.82 Å². The van der Waals surface area contributed by atoms with Gasteiger partial charge >= 0.3 is 6.09 Å². The van der Waals surface area contributed by atoms with E-state index in [4.69, 9.17) is 4.74 Å². The van der Waals surface area contributed by atoms with Gasteiger partial charge in [-0.15, -0.1) is 0 Å². The van der Waals surface area contributed by atoms with Crippen LogP contribution in [0.5, 0.6) is 0 Å². The van der Waals surface area contributed by atoms with E-state index >= 15 is 0 Å². The Balaban J connectivity index is 1.92. The van der Waals surface area contributed by atoms with Crippen LogP contribution in [0.2, 0.25) is 0 Å². The Kier molecular flexibility index (Phi) is 7.28. The summed E-state index contributed by atoms with van der Waals surface area (Å²) >= 11 is 3.45. The van der Waals surface area contributed by atoms with E-state index in [0.29, 0.717) is 19.4 Å². The number of halogens is 2. The van der Waals surface area contributed by atoms with Gasteiger partial charge in [0.2, 0.25) is 5.91 Å². The third kappa shape index (κ3) is 5.49. The maximum atomic E-state index is 13.6. The highest BCUT2D eigenvalue weighted by Gasteiger charge is 2.47. The molecule has 0 bridgehead atoms. The Morgan fingerprint density at radius 3 is 2.38 bits per heavy atom. The topological polar surface area (TPSA) is 58.6 Å². The lowest BCUT2D eigenvalue weighted by molar-refractivity contribution is -0.122. The number of carbonyl (C=O) groups is 2. The molecule has 2 aromatic carbocycles. The molecule has 1 aliphatic rings. The zero-order valence-corrected chi connectivity index (χ0v) is 20.5. The van der Waals surface area contributed by atoms with Gasteiger partial charge in [0, 0.05) is 36.3 Å². The summed E-state index contributed by atoms with van der Waals surface area (Å²) in [6.45, 7) is 7.79. The molecule has 2 aromatic rings. The molecule has 1 saturated heterocycles. The Morgan fingerprint density at radius 1 is 1.22 bits per heavy atom. The van der Waals surface area contributed by atoms with E-state index in [2.05, 4.69) is 21.2 Å². The normalized spacial score (nSPS) is 19.9. The zero-order chi connectivity index (χ0) is 23.5. The van der Waals surface area contributed by atoms with E-state index in [9.17, 15) is 14.0 Å². The summed E-state index contributed by atoms with van der Waals surface area (Å²) in [5.74, 6) is -0.510. The maximum Gasteiger partial charge on any atom is 0.411 e. The fraction of sp³-hybridized carbons (Fsp3) is 0.440. The zero-order valence-electron chi connectivity index (χ0n) is 19.0. The molecule has 0 radical (unpaired) electrons. The Bertz CT molecular complexity index is 962. The molecular formula is C25H30BrFN2O3. The minimum Gasteiger partial charge on any atom is -0.438 e. The molecule has 1 fully saturated rings. The fourth-order valence-corrected chi connectivity index (χ4v) is 4.96. The molecule has 2 amide bonds. The van der Waals surface area contributed by atoms with Crippen molar-refractivity contribution in [3.05, 3.63) is 69.9 Å². The molecule has 172 valence electrons. The van der Waals surface area contributed by atoms with Gasteiger partial charge in [-0.2, -0.15) is 0 Å². The van der Waals surface area contributed by atoms with Crippen LogP contribution in [0.3, 0.4) is 0 Å². The summed E-state index contributed by atoms with van der Waals surface area (Å²) in [7, 11) is 0. The van der Waals surface area contributed by atoms with Crippen LogP contribution in [0.25, 0.3) is 0 Å². The molecule has 2 atom stereocenters. The van der Waals surface area contributed by atoms with Crippen LogP contribution in [0.4, 0.5) is 9.18 Å². The third-order valence-electron chi connectivity index (χ3n) is 5.90. The SMILES string of the molecule is CC[C@@H](c1ccc(Br)cc1)N1CC[C@](CC(C)(C)NC(C)=O)(c2ccc(F)cc2)OC1=O. The van der Waals surface area contributed by atoms with E-state index in [1.165, 1.54) is 19.1 Å². The number of ether oxygens (including phenoxy) is 1. The van der Waals surface area contributed by atoms with Gasteiger partial charge in [-0.3, -0.25) is 4.79 Å². The van der Waals surface area contributed by atoms with Gasteiger partial charge in [0.05, 0.1) is 6.04 Å². The first-order valence-corrected chi connectivity index (χ1v) is 11.6. The van der Waals surface area contributed by atoms with E-state index in [1.54, 1.807) is 17.0 Å². The van der Waals surface area contributed by atoms with Crippen molar-refractivity contribution in [3.63, 3.8) is 0 Å². The number of hydrogen-bond acceptors (Lipinski definition) is 3. The second-order valence-corrected chi connectivity index (χ2v) is 9.95. The molecular weight excluding hydrogens is 475 g/mol. The number of carbonyl (C=O) groups excluding carboxylic acids is 2. The molecule has 0 saturated carbocycles. The standard InChI is InChI=1S/C25H30BrFN2O3/c1-5-22(18-6-10-20(26)11-7-18)29-15-14-25(32-23(29)31,16-24(3,4)28-17(2)30)19-8-12-21(27)13-9-19/h6-13,22H,5,14-16H2,1-4H3,(H,28,30)/t22-,25-/m0/s1. The molecule has 0 spiro atoms. The van der Waals surface area contributed by atoms with Gasteiger partial charge in [-0.25, -0.2) is 9.18 Å². The smallest absolute Gasteiger partial charge is 0.411 e. The molecule has 5 nitrogen and oxygen atoms in total. The summed E-state index contributed by atoms with van der Waals surface area (Å²) in [6, 6.07) is 13.9. The van der Waals surface area contributed by atoms with Crippen molar-refractivity contribution >= 4 is 27.9 Å². The second kappa shape index (κ2) is 9.61. The monoisotopic (exact) mass is 504 g/mol. The Morgan fingerprint density at radius 2 is 1.84 bits per heavy atom. The summed E-state index contributed by atoms with van der Waals surface area (Å²) in [5.41, 5.74) is 0.173. The third-order valence-corrected chi connectivity index (χ3v) is 6.43. The van der Waals surface area contributed by atoms with Gasteiger partial charge in [0.15, 0.2) is 0 Å². The summed E-state index contributed by atoms with van der Waals surface area (Å²) in [5, 5.41) is 2.94. The van der Waals surface area contributed by atoms with Crippen molar-refractivity contribution in [1.82, 2.24) is 10.2 Å². The molecule has 1 aliphatic heterocycles. The average Bonchev–Trinajstić information content (AvgIpc) is 2.70. The minimum absolute atomic E-state index is 0.106. The number of nitrogens with zero attached hydrogens (tertiary/aromatic N) is 1. The Hall–Kier alpha value is -2.41. The number of cyclic esters (lactones) is 1. The molecule has 1 heterocycles. The number of nitrogens with one attached hydrogen (secondary N) is 1. The summed E-state index contributed by atoms with van der Waals surface area (Å²) in [4.78, 5) is 26.8. The first-order chi connectivity index (χ1) is 15.0. The lowest BCUT2D eigenvalue weighted by Crippen LogP contribution is -2.54. The van der Waals surface area contributed by atoms with Crippen molar-refractivity contribution in [3.8, 4) is 0 Å². The molecule has 0 aliphatic carbocycles. The van der Waals surface area contributed by atoms with E-state index in [1.807, 2.05) is 45.0 Å². The molecule has 7 heteroatoms. The summed E-state index contributed by atoms with van der Waals surface area (Å²) < 4.78 is 20.8. The van der Waals surface area contributed by atoms with Gasteiger partial charge in [0.1, 0.15) is 11.4 Å². The van der Waals surface area contributed by atoms with Gasteiger partial charge < -0.3 is 15.0 Å². The van der Waals surface area contributed by atoms with Crippen LogP contribution in [0.15, 0.2) is 53.0 Å². The van der Waals surface area contributed by atoms with Crippen molar-refractivity contribution in [2.24, 2.45) is 0 Å². The molecule has 1 N–H and O–H groups in total. The highest BCUT2D eigenvalue weighted by atomic mass is 79.9. The molecule has 3 rings (SSSR count). The molecule has 0 unspecified atom stereocenters. The maximum absolute atomic E-state index is 13.6. The summed E-state index contributed by atoms with van der Waals surface area (Å²) in [6.07, 6.45) is 1.24. The van der Waals surface area contributed by atoms with Crippen LogP contribution >= 0.6 is 15.9 Å². The minimum atomic E-state index is -0.967. The lowest BCUT2D eigenvalue weighted by atomic mass is 9.78. The predicted octanol–water partition coefficient (Wildman–Crippen LogP) is 6.08. The number of benzene rings is 2. The van der Waals surface area contributed by atoms with Crippen molar-refractivity contribution in [2.45, 2.75) is 64.1 Å². The average molecular weight is 505 g/mol. The van der Waals surface area contributed by atoms with Gasteiger partial charge in [-0.05, 0) is 55.7 Å². The van der Waals surface area contributed by atoms with Crippen molar-refractivity contribution in [1.29, 1.82) is 0 Å². The number of amides is 2. The van der Waals surface area contributed by atoms with Crippen molar-refractivity contribution in [2.75, 3.05) is 6.54 Å². The first kappa shape index (κ1) is 24.2. The first-order valence-electron chi connectivity index (χ1n) is 10.8. The van der Waals surface area contributed by atoms with Gasteiger partial charge in [-0.1, -0.05) is 47.1 Å². The largest absolute Gasteiger partial charge is 0.438 e.